The first-order chi connectivity index (χ1) is 11.1. The van der Waals surface area contributed by atoms with E-state index >= 15 is 0 Å². The lowest BCUT2D eigenvalue weighted by Gasteiger charge is -2.14. The predicted octanol–water partition coefficient (Wildman–Crippen LogP) is 2.26. The number of amides is 1. The Bertz CT molecular complexity index is 899. The van der Waals surface area contributed by atoms with E-state index in [0.717, 1.165) is 11.3 Å². The number of methoxy groups -OCH3 is 1. The fraction of sp³-hybridized carbons (Fsp3) is 0.188. The van der Waals surface area contributed by atoms with E-state index in [1.54, 1.807) is 18.7 Å². The lowest BCUT2D eigenvalue weighted by atomic mass is 10.1. The van der Waals surface area contributed by atoms with Gasteiger partial charge in [-0.25, -0.2) is 4.98 Å². The van der Waals surface area contributed by atoms with E-state index in [0.29, 0.717) is 4.96 Å². The van der Waals surface area contributed by atoms with Gasteiger partial charge in [0.15, 0.2) is 4.96 Å². The summed E-state index contributed by atoms with van der Waals surface area (Å²) in [5, 5.41) is 4.57. The van der Waals surface area contributed by atoms with Gasteiger partial charge in [-0.2, -0.15) is 0 Å². The summed E-state index contributed by atoms with van der Waals surface area (Å²) in [6, 6.07) is 7.15. The van der Waals surface area contributed by atoms with Gasteiger partial charge in [0.1, 0.15) is 11.3 Å². The molecule has 23 heavy (non-hydrogen) atoms. The van der Waals surface area contributed by atoms with Gasteiger partial charge in [-0.1, -0.05) is 12.1 Å². The smallest absolute Gasteiger partial charge is 0.271 e. The molecule has 0 aliphatic rings. The molecule has 0 spiro atoms. The highest BCUT2D eigenvalue weighted by molar-refractivity contribution is 7.15. The summed E-state index contributed by atoms with van der Waals surface area (Å²) in [7, 11) is 1.60. The number of nitrogens with one attached hydrogen (secondary N) is 1. The molecule has 1 atom stereocenters. The van der Waals surface area contributed by atoms with Crippen LogP contribution in [-0.4, -0.2) is 22.4 Å². The topological polar surface area (TPSA) is 72.7 Å². The molecule has 0 saturated heterocycles. The molecule has 1 aromatic carbocycles. The van der Waals surface area contributed by atoms with Crippen LogP contribution in [0.2, 0.25) is 0 Å². The van der Waals surface area contributed by atoms with Crippen LogP contribution in [0.4, 0.5) is 0 Å². The SMILES string of the molecule is COc1ccc([C@@H](C)NC(=O)c2cnc3sccn3c2=O)cc1. The van der Waals surface area contributed by atoms with Crippen molar-refractivity contribution in [3.05, 3.63) is 63.5 Å². The summed E-state index contributed by atoms with van der Waals surface area (Å²) >= 11 is 1.34. The van der Waals surface area contributed by atoms with Crippen molar-refractivity contribution in [3.8, 4) is 5.75 Å². The van der Waals surface area contributed by atoms with Crippen LogP contribution in [0.15, 0.2) is 46.8 Å². The monoisotopic (exact) mass is 329 g/mol. The minimum absolute atomic E-state index is 0.0289. The lowest BCUT2D eigenvalue weighted by molar-refractivity contribution is 0.0938. The van der Waals surface area contributed by atoms with Crippen LogP contribution in [0.3, 0.4) is 0 Å². The number of nitrogens with zero attached hydrogens (tertiary/aromatic N) is 2. The van der Waals surface area contributed by atoms with Gasteiger partial charge < -0.3 is 10.1 Å². The Hall–Kier alpha value is -2.67. The number of benzene rings is 1. The maximum atomic E-state index is 12.4. The zero-order valence-corrected chi connectivity index (χ0v) is 13.5. The second-order valence-corrected chi connectivity index (χ2v) is 5.87. The average Bonchev–Trinajstić information content (AvgIpc) is 3.04. The largest absolute Gasteiger partial charge is 0.497 e. The third-order valence-corrected chi connectivity index (χ3v) is 4.32. The van der Waals surface area contributed by atoms with Gasteiger partial charge >= 0.3 is 0 Å². The van der Waals surface area contributed by atoms with Crippen LogP contribution < -0.4 is 15.6 Å². The number of rotatable bonds is 4. The van der Waals surface area contributed by atoms with Crippen LogP contribution in [0.25, 0.3) is 4.96 Å². The minimum Gasteiger partial charge on any atom is -0.497 e. The molecule has 2 aromatic heterocycles. The van der Waals surface area contributed by atoms with E-state index in [1.165, 1.54) is 21.9 Å². The molecule has 0 aliphatic carbocycles. The van der Waals surface area contributed by atoms with Crippen LogP contribution >= 0.6 is 11.3 Å². The van der Waals surface area contributed by atoms with Crippen molar-refractivity contribution in [3.63, 3.8) is 0 Å². The van der Waals surface area contributed by atoms with Gasteiger partial charge in [0.05, 0.1) is 13.2 Å². The number of hydrogen-bond acceptors (Lipinski definition) is 5. The quantitative estimate of drug-likeness (QED) is 0.797. The molecule has 3 aromatic rings. The Morgan fingerprint density at radius 3 is 2.78 bits per heavy atom. The predicted molar refractivity (Wildman–Crippen MR) is 88.2 cm³/mol. The standard InChI is InChI=1S/C16H15N3O3S/c1-10(11-3-5-12(22-2)6-4-11)18-14(20)13-9-17-16-19(15(13)21)7-8-23-16/h3-10H,1-2H3,(H,18,20)/t10-/m1/s1. The first-order valence-corrected chi connectivity index (χ1v) is 7.88. The van der Waals surface area contributed by atoms with E-state index in [-0.39, 0.29) is 17.2 Å². The maximum absolute atomic E-state index is 12.4. The van der Waals surface area contributed by atoms with Crippen molar-refractivity contribution in [1.29, 1.82) is 0 Å². The highest BCUT2D eigenvalue weighted by Crippen LogP contribution is 2.17. The van der Waals surface area contributed by atoms with Gasteiger partial charge in [0.25, 0.3) is 11.5 Å². The van der Waals surface area contributed by atoms with Crippen molar-refractivity contribution in [2.75, 3.05) is 7.11 Å². The number of carbonyl (C=O) groups is 1. The number of hydrogen-bond donors (Lipinski definition) is 1. The third-order valence-electron chi connectivity index (χ3n) is 3.55. The van der Waals surface area contributed by atoms with Crippen molar-refractivity contribution < 1.29 is 9.53 Å². The summed E-state index contributed by atoms with van der Waals surface area (Å²) in [5.74, 6) is 0.309. The number of thiazole rings is 1. The van der Waals surface area contributed by atoms with Gasteiger partial charge in [-0.3, -0.25) is 14.0 Å². The molecule has 7 heteroatoms. The molecule has 0 aliphatic heterocycles. The van der Waals surface area contributed by atoms with Gasteiger partial charge in [0, 0.05) is 17.8 Å². The highest BCUT2D eigenvalue weighted by Gasteiger charge is 2.16. The first-order valence-electron chi connectivity index (χ1n) is 7.00. The van der Waals surface area contributed by atoms with Gasteiger partial charge in [-0.15, -0.1) is 11.3 Å². The minimum atomic E-state index is -0.439. The maximum Gasteiger partial charge on any atom is 0.271 e. The molecule has 2 heterocycles. The van der Waals surface area contributed by atoms with Crippen LogP contribution in [0.1, 0.15) is 28.9 Å². The van der Waals surface area contributed by atoms with Gasteiger partial charge in [-0.05, 0) is 24.6 Å². The Balaban J connectivity index is 1.81. The molecule has 0 radical (unpaired) electrons. The molecule has 3 rings (SSSR count). The lowest BCUT2D eigenvalue weighted by Crippen LogP contribution is -2.32. The van der Waals surface area contributed by atoms with Crippen molar-refractivity contribution in [2.45, 2.75) is 13.0 Å². The molecule has 0 saturated carbocycles. The third kappa shape index (κ3) is 2.95. The summed E-state index contributed by atoms with van der Waals surface area (Å²) in [6.45, 7) is 1.86. The number of ether oxygens (including phenoxy) is 1. The van der Waals surface area contributed by atoms with Crippen molar-refractivity contribution >= 4 is 22.2 Å². The fourth-order valence-electron chi connectivity index (χ4n) is 2.23. The van der Waals surface area contributed by atoms with Crippen LogP contribution in [0.5, 0.6) is 5.75 Å². The molecular weight excluding hydrogens is 314 g/mol. The Morgan fingerprint density at radius 2 is 2.09 bits per heavy atom. The van der Waals surface area contributed by atoms with E-state index in [4.69, 9.17) is 4.74 Å². The van der Waals surface area contributed by atoms with Gasteiger partial charge in [0.2, 0.25) is 0 Å². The van der Waals surface area contributed by atoms with E-state index in [1.807, 2.05) is 31.2 Å². The van der Waals surface area contributed by atoms with E-state index in [2.05, 4.69) is 10.3 Å². The average molecular weight is 329 g/mol. The van der Waals surface area contributed by atoms with Crippen LogP contribution in [-0.2, 0) is 0 Å². The summed E-state index contributed by atoms with van der Waals surface area (Å²) in [5.41, 5.74) is 0.584. The Morgan fingerprint density at radius 1 is 1.35 bits per heavy atom. The fourth-order valence-corrected chi connectivity index (χ4v) is 2.91. The second kappa shape index (κ2) is 6.21. The van der Waals surface area contributed by atoms with E-state index < -0.39 is 5.91 Å². The molecule has 0 unspecified atom stereocenters. The number of fused-ring (bicyclic) bond motifs is 1. The molecule has 118 valence electrons. The summed E-state index contributed by atoms with van der Waals surface area (Å²) in [6.07, 6.45) is 2.93. The highest BCUT2D eigenvalue weighted by atomic mass is 32.1. The summed E-state index contributed by atoms with van der Waals surface area (Å²) in [4.78, 5) is 29.3. The Kier molecular flexibility index (Phi) is 4.12. The second-order valence-electron chi connectivity index (χ2n) is 5.00. The van der Waals surface area contributed by atoms with Crippen molar-refractivity contribution in [1.82, 2.24) is 14.7 Å². The molecular formula is C16H15N3O3S. The zero-order chi connectivity index (χ0) is 16.4. The molecule has 1 N–H and O–H groups in total. The molecule has 6 nitrogen and oxygen atoms in total. The first kappa shape index (κ1) is 15.2. The van der Waals surface area contributed by atoms with E-state index in [9.17, 15) is 9.59 Å². The molecule has 0 fully saturated rings. The van der Waals surface area contributed by atoms with Crippen molar-refractivity contribution in [2.24, 2.45) is 0 Å². The molecule has 1 amide bonds. The number of aromatic nitrogens is 2. The normalized spacial score (nSPS) is 12.1. The molecule has 0 bridgehead atoms. The Labute approximate surface area is 136 Å². The zero-order valence-electron chi connectivity index (χ0n) is 12.6. The number of carbonyl (C=O) groups excluding carboxylic acids is 1. The van der Waals surface area contributed by atoms with Crippen LogP contribution in [0, 0.1) is 0 Å². The summed E-state index contributed by atoms with van der Waals surface area (Å²) < 4.78 is 6.48.